The zero-order chi connectivity index (χ0) is 9.35. The number of anilines is 1. The molecule has 0 radical (unpaired) electrons. The number of hydrogen-bond acceptors (Lipinski definition) is 3. The van der Waals surface area contributed by atoms with Gasteiger partial charge < -0.3 is 10.2 Å². The molecule has 0 aliphatic carbocycles. The van der Waals surface area contributed by atoms with E-state index in [0.29, 0.717) is 0 Å². The summed E-state index contributed by atoms with van der Waals surface area (Å²) in [5.41, 5.74) is 5.03. The molecule has 12 heavy (non-hydrogen) atoms. The summed E-state index contributed by atoms with van der Waals surface area (Å²) in [4.78, 5) is 10.4. The van der Waals surface area contributed by atoms with Gasteiger partial charge in [0.2, 0.25) is 0 Å². The van der Waals surface area contributed by atoms with Gasteiger partial charge in [0.05, 0.1) is 5.69 Å². The highest BCUT2D eigenvalue weighted by molar-refractivity contribution is 5.98. The van der Waals surface area contributed by atoms with Crippen molar-refractivity contribution in [3.63, 3.8) is 0 Å². The van der Waals surface area contributed by atoms with Crippen LogP contribution in [0.5, 0.6) is 0 Å². The molecule has 0 aromatic carbocycles. The molecule has 0 aliphatic heterocycles. The Bertz CT molecular complexity index is 302. The van der Waals surface area contributed by atoms with E-state index >= 15 is 0 Å². The van der Waals surface area contributed by atoms with Gasteiger partial charge in [-0.15, -0.1) is 0 Å². The smallest absolute Gasteiger partial charge is 0.458 e. The van der Waals surface area contributed by atoms with Crippen molar-refractivity contribution in [1.82, 2.24) is 0 Å². The highest BCUT2D eigenvalue weighted by atomic mass is 19.4. The van der Waals surface area contributed by atoms with Crippen molar-refractivity contribution in [2.24, 2.45) is 0 Å². The molecule has 3 nitrogen and oxygen atoms in total. The summed E-state index contributed by atoms with van der Waals surface area (Å²) in [6, 6.07) is 0.829. The third-order valence-electron chi connectivity index (χ3n) is 1.10. The molecule has 2 N–H and O–H groups in total. The number of nitrogens with two attached hydrogens (primary N) is 1. The lowest BCUT2D eigenvalue weighted by Crippen LogP contribution is -2.21. The van der Waals surface area contributed by atoms with Crippen molar-refractivity contribution < 1.29 is 22.4 Å². The summed E-state index contributed by atoms with van der Waals surface area (Å²) in [6.07, 6.45) is -4.04. The first kappa shape index (κ1) is 8.63. The average molecular weight is 179 g/mol. The normalized spacial score (nSPS) is 11.6. The summed E-state index contributed by atoms with van der Waals surface area (Å²) in [6.45, 7) is 0. The van der Waals surface area contributed by atoms with Gasteiger partial charge in [-0.1, -0.05) is 0 Å². The van der Waals surface area contributed by atoms with Crippen LogP contribution in [0.25, 0.3) is 0 Å². The van der Waals surface area contributed by atoms with Gasteiger partial charge in [0.25, 0.3) is 0 Å². The van der Waals surface area contributed by atoms with Crippen LogP contribution in [0.1, 0.15) is 10.6 Å². The summed E-state index contributed by atoms with van der Waals surface area (Å²) < 4.78 is 39.3. The molecule has 0 bridgehead atoms. The van der Waals surface area contributed by atoms with Gasteiger partial charge >= 0.3 is 12.0 Å². The lowest BCUT2D eigenvalue weighted by atomic mass is 10.3. The molecule has 0 fully saturated rings. The molecule has 0 amide bonds. The SMILES string of the molecule is Nc1coc(C(=O)C(F)(F)F)c1. The third-order valence-corrected chi connectivity index (χ3v) is 1.10. The Morgan fingerprint density at radius 3 is 2.42 bits per heavy atom. The minimum atomic E-state index is -4.91. The number of ketones is 1. The van der Waals surface area contributed by atoms with E-state index in [2.05, 4.69) is 4.42 Å². The third kappa shape index (κ3) is 1.58. The molecule has 6 heteroatoms. The van der Waals surface area contributed by atoms with Crippen molar-refractivity contribution >= 4 is 11.5 Å². The first-order valence-electron chi connectivity index (χ1n) is 2.87. The zero-order valence-corrected chi connectivity index (χ0v) is 5.68. The van der Waals surface area contributed by atoms with Crippen molar-refractivity contribution in [2.45, 2.75) is 6.18 Å². The maximum Gasteiger partial charge on any atom is 0.458 e. The van der Waals surface area contributed by atoms with E-state index in [1.807, 2.05) is 0 Å². The Kier molecular flexibility index (Phi) is 1.83. The van der Waals surface area contributed by atoms with Crippen LogP contribution in [0.3, 0.4) is 0 Å². The van der Waals surface area contributed by atoms with Gasteiger partial charge in [-0.3, -0.25) is 4.79 Å². The van der Waals surface area contributed by atoms with Crippen LogP contribution in [0, 0.1) is 0 Å². The van der Waals surface area contributed by atoms with Crippen LogP contribution >= 0.6 is 0 Å². The van der Waals surface area contributed by atoms with Crippen molar-refractivity contribution in [2.75, 3.05) is 5.73 Å². The number of furan rings is 1. The number of halogens is 3. The maximum absolute atomic E-state index is 11.7. The Labute approximate surface area is 65.0 Å². The summed E-state index contributed by atoms with van der Waals surface area (Å²) in [7, 11) is 0. The summed E-state index contributed by atoms with van der Waals surface area (Å²) >= 11 is 0. The molecule has 1 aromatic heterocycles. The second kappa shape index (κ2) is 2.54. The molecule has 0 spiro atoms. The number of rotatable bonds is 1. The number of alkyl halides is 3. The molecule has 0 unspecified atom stereocenters. The fraction of sp³-hybridized carbons (Fsp3) is 0.167. The Morgan fingerprint density at radius 2 is 2.08 bits per heavy atom. The lowest BCUT2D eigenvalue weighted by molar-refractivity contribution is -0.0899. The predicted octanol–water partition coefficient (Wildman–Crippen LogP) is 1.61. The fourth-order valence-electron chi connectivity index (χ4n) is 0.610. The van der Waals surface area contributed by atoms with Gasteiger partial charge in [-0.25, -0.2) is 0 Å². The van der Waals surface area contributed by atoms with Crippen LogP contribution in [-0.4, -0.2) is 12.0 Å². The summed E-state index contributed by atoms with van der Waals surface area (Å²) in [5, 5.41) is 0. The first-order valence-corrected chi connectivity index (χ1v) is 2.87. The number of carbonyl (C=O) groups is 1. The number of carbonyl (C=O) groups excluding carboxylic acids is 1. The monoisotopic (exact) mass is 179 g/mol. The molecular weight excluding hydrogens is 175 g/mol. The average Bonchev–Trinajstić information content (AvgIpc) is 2.32. The van der Waals surface area contributed by atoms with E-state index in [4.69, 9.17) is 5.73 Å². The highest BCUT2D eigenvalue weighted by Gasteiger charge is 2.41. The van der Waals surface area contributed by atoms with Gasteiger partial charge in [0.15, 0.2) is 5.76 Å². The largest absolute Gasteiger partial charge is 0.459 e. The summed E-state index contributed by atoms with van der Waals surface area (Å²) in [5.74, 6) is -2.82. The van der Waals surface area contributed by atoms with Gasteiger partial charge in [0.1, 0.15) is 6.26 Å². The zero-order valence-electron chi connectivity index (χ0n) is 5.68. The van der Waals surface area contributed by atoms with Crippen molar-refractivity contribution in [3.05, 3.63) is 18.1 Å². The Morgan fingerprint density at radius 1 is 1.50 bits per heavy atom. The molecule has 1 heterocycles. The van der Waals surface area contributed by atoms with Crippen molar-refractivity contribution in [3.8, 4) is 0 Å². The van der Waals surface area contributed by atoms with E-state index in [9.17, 15) is 18.0 Å². The standard InChI is InChI=1S/C6H4F3NO2/c7-6(8,9)5(11)4-1-3(10)2-12-4/h1-2H,10H2. The van der Waals surface area contributed by atoms with Crippen LogP contribution < -0.4 is 5.73 Å². The lowest BCUT2D eigenvalue weighted by Gasteiger charge is -1.99. The molecule has 0 saturated carbocycles. The van der Waals surface area contributed by atoms with E-state index in [0.717, 1.165) is 12.3 Å². The number of Topliss-reactive ketones (excluding diaryl/α,β-unsaturated/α-hetero) is 1. The van der Waals surface area contributed by atoms with E-state index in [1.165, 1.54) is 0 Å². The van der Waals surface area contributed by atoms with E-state index in [-0.39, 0.29) is 5.69 Å². The number of hydrogen-bond donors (Lipinski definition) is 1. The molecule has 0 saturated heterocycles. The Balaban J connectivity index is 2.93. The van der Waals surface area contributed by atoms with Crippen LogP contribution in [0.15, 0.2) is 16.7 Å². The fourth-order valence-corrected chi connectivity index (χ4v) is 0.610. The minimum absolute atomic E-state index is 0.0115. The molecule has 0 aliphatic rings. The van der Waals surface area contributed by atoms with Crippen molar-refractivity contribution in [1.29, 1.82) is 0 Å². The second-order valence-corrected chi connectivity index (χ2v) is 2.07. The van der Waals surface area contributed by atoms with Gasteiger partial charge in [-0.05, 0) is 0 Å². The minimum Gasteiger partial charge on any atom is -0.459 e. The van der Waals surface area contributed by atoms with Gasteiger partial charge in [0, 0.05) is 6.07 Å². The number of nitrogen functional groups attached to an aromatic ring is 1. The van der Waals surface area contributed by atoms with Gasteiger partial charge in [-0.2, -0.15) is 13.2 Å². The topological polar surface area (TPSA) is 56.2 Å². The first-order chi connectivity index (χ1) is 5.41. The molecule has 1 rings (SSSR count). The van der Waals surface area contributed by atoms with Crippen LogP contribution in [0.2, 0.25) is 0 Å². The predicted molar refractivity (Wildman–Crippen MR) is 33.5 cm³/mol. The van der Waals surface area contributed by atoms with Crippen LogP contribution in [0.4, 0.5) is 18.9 Å². The maximum atomic E-state index is 11.7. The van der Waals surface area contributed by atoms with Crippen LogP contribution in [-0.2, 0) is 0 Å². The molecule has 0 atom stereocenters. The molecule has 66 valence electrons. The molecular formula is C6H4F3NO2. The Hall–Kier alpha value is -1.46. The quantitative estimate of drug-likeness (QED) is 0.666. The molecule has 1 aromatic rings. The van der Waals surface area contributed by atoms with E-state index < -0.39 is 17.7 Å². The highest BCUT2D eigenvalue weighted by Crippen LogP contribution is 2.23. The second-order valence-electron chi connectivity index (χ2n) is 2.07. The van der Waals surface area contributed by atoms with E-state index in [1.54, 1.807) is 0 Å².